The fourth-order valence-electron chi connectivity index (χ4n) is 1.04. The largest absolute Gasteiger partial charge is 0.464 e. The van der Waals surface area contributed by atoms with Crippen molar-refractivity contribution in [3.05, 3.63) is 16.1 Å². The standard InChI is InChI=1S/C10H12N2O2S/c1-4-14-9(13)10(3,6-11)8-12-7(2)5-15-8/h5H,4H2,1-3H3. The topological polar surface area (TPSA) is 63.0 Å². The van der Waals surface area contributed by atoms with Crippen molar-refractivity contribution in [2.75, 3.05) is 6.61 Å². The molecular formula is C10H12N2O2S. The molecule has 0 amide bonds. The first-order valence-electron chi connectivity index (χ1n) is 4.55. The fraction of sp³-hybridized carbons (Fsp3) is 0.500. The van der Waals surface area contributed by atoms with Gasteiger partial charge >= 0.3 is 5.97 Å². The molecule has 0 aromatic carbocycles. The van der Waals surface area contributed by atoms with Crippen molar-refractivity contribution < 1.29 is 9.53 Å². The van der Waals surface area contributed by atoms with Gasteiger partial charge in [0.1, 0.15) is 5.01 Å². The highest BCUT2D eigenvalue weighted by molar-refractivity contribution is 7.10. The molecule has 1 aromatic rings. The predicted molar refractivity (Wildman–Crippen MR) is 56.4 cm³/mol. The first kappa shape index (κ1) is 11.7. The fourth-order valence-corrected chi connectivity index (χ4v) is 1.94. The zero-order chi connectivity index (χ0) is 11.5. The van der Waals surface area contributed by atoms with E-state index in [4.69, 9.17) is 10.00 Å². The molecule has 0 fully saturated rings. The van der Waals surface area contributed by atoms with E-state index in [1.807, 2.05) is 18.4 Å². The molecule has 0 aliphatic rings. The van der Waals surface area contributed by atoms with Crippen LogP contribution in [-0.4, -0.2) is 17.6 Å². The maximum absolute atomic E-state index is 11.6. The second kappa shape index (κ2) is 4.41. The van der Waals surface area contributed by atoms with Gasteiger partial charge in [0.25, 0.3) is 0 Å². The molecule has 0 aliphatic carbocycles. The maximum Gasteiger partial charge on any atom is 0.333 e. The van der Waals surface area contributed by atoms with E-state index >= 15 is 0 Å². The molecule has 0 aliphatic heterocycles. The number of hydrogen-bond acceptors (Lipinski definition) is 5. The van der Waals surface area contributed by atoms with Gasteiger partial charge in [-0.2, -0.15) is 5.26 Å². The third-order valence-electron chi connectivity index (χ3n) is 1.95. The second-order valence-corrected chi connectivity index (χ2v) is 4.11. The van der Waals surface area contributed by atoms with Crippen LogP contribution in [0.4, 0.5) is 0 Å². The number of aromatic nitrogens is 1. The third-order valence-corrected chi connectivity index (χ3v) is 3.14. The Labute approximate surface area is 92.5 Å². The molecule has 15 heavy (non-hydrogen) atoms. The lowest BCUT2D eigenvalue weighted by Gasteiger charge is -2.16. The lowest BCUT2D eigenvalue weighted by Crippen LogP contribution is -2.32. The summed E-state index contributed by atoms with van der Waals surface area (Å²) in [5.74, 6) is -0.540. The van der Waals surface area contributed by atoms with Gasteiger partial charge in [0, 0.05) is 11.1 Å². The van der Waals surface area contributed by atoms with Crippen LogP contribution in [0.2, 0.25) is 0 Å². The Morgan fingerprint density at radius 3 is 2.87 bits per heavy atom. The number of nitrogens with zero attached hydrogens (tertiary/aromatic N) is 2. The molecule has 0 saturated heterocycles. The van der Waals surface area contributed by atoms with Crippen molar-refractivity contribution in [2.45, 2.75) is 26.2 Å². The average molecular weight is 224 g/mol. The quantitative estimate of drug-likeness (QED) is 0.734. The van der Waals surface area contributed by atoms with Gasteiger partial charge < -0.3 is 4.74 Å². The SMILES string of the molecule is CCOC(=O)C(C)(C#N)c1nc(C)cs1. The number of aryl methyl sites for hydroxylation is 1. The molecule has 5 heteroatoms. The van der Waals surface area contributed by atoms with E-state index in [1.165, 1.54) is 18.3 Å². The Bertz CT molecular complexity index is 408. The summed E-state index contributed by atoms with van der Waals surface area (Å²) in [6, 6.07) is 1.97. The van der Waals surface area contributed by atoms with E-state index in [0.717, 1.165) is 5.69 Å². The molecule has 4 nitrogen and oxygen atoms in total. The minimum atomic E-state index is -1.28. The maximum atomic E-state index is 11.6. The Morgan fingerprint density at radius 1 is 1.80 bits per heavy atom. The van der Waals surface area contributed by atoms with Crippen LogP contribution in [0.15, 0.2) is 5.38 Å². The molecule has 0 saturated carbocycles. The molecule has 1 unspecified atom stereocenters. The van der Waals surface area contributed by atoms with E-state index in [1.54, 1.807) is 6.92 Å². The molecular weight excluding hydrogens is 212 g/mol. The smallest absolute Gasteiger partial charge is 0.333 e. The number of ether oxygens (including phenoxy) is 1. The highest BCUT2D eigenvalue weighted by atomic mass is 32.1. The lowest BCUT2D eigenvalue weighted by atomic mass is 9.94. The number of thiazole rings is 1. The van der Waals surface area contributed by atoms with E-state index in [9.17, 15) is 4.79 Å². The van der Waals surface area contributed by atoms with Gasteiger partial charge in [0.05, 0.1) is 12.7 Å². The molecule has 1 aromatic heterocycles. The molecule has 1 atom stereocenters. The lowest BCUT2D eigenvalue weighted by molar-refractivity contribution is -0.147. The first-order valence-corrected chi connectivity index (χ1v) is 5.43. The first-order chi connectivity index (χ1) is 7.04. The van der Waals surface area contributed by atoms with E-state index < -0.39 is 11.4 Å². The number of carbonyl (C=O) groups is 1. The molecule has 0 radical (unpaired) electrons. The summed E-state index contributed by atoms with van der Waals surface area (Å²) in [6.07, 6.45) is 0. The Balaban J connectivity index is 3.06. The molecule has 1 rings (SSSR count). The summed E-state index contributed by atoms with van der Waals surface area (Å²) >= 11 is 1.30. The minimum absolute atomic E-state index is 0.264. The van der Waals surface area contributed by atoms with Crippen LogP contribution in [0.1, 0.15) is 24.5 Å². The van der Waals surface area contributed by atoms with Gasteiger partial charge in [-0.25, -0.2) is 9.78 Å². The average Bonchev–Trinajstić information content (AvgIpc) is 2.64. The van der Waals surface area contributed by atoms with Crippen LogP contribution in [0.25, 0.3) is 0 Å². The number of carbonyl (C=O) groups excluding carboxylic acids is 1. The van der Waals surface area contributed by atoms with Gasteiger partial charge in [-0.05, 0) is 20.8 Å². The third kappa shape index (κ3) is 2.16. The highest BCUT2D eigenvalue weighted by Gasteiger charge is 2.40. The van der Waals surface area contributed by atoms with Crippen molar-refractivity contribution in [1.29, 1.82) is 5.26 Å². The van der Waals surface area contributed by atoms with Crippen LogP contribution in [0, 0.1) is 18.3 Å². The number of nitriles is 1. The second-order valence-electron chi connectivity index (χ2n) is 3.25. The Hall–Kier alpha value is -1.41. The van der Waals surface area contributed by atoms with Crippen molar-refractivity contribution in [2.24, 2.45) is 0 Å². The predicted octanol–water partition coefficient (Wildman–Crippen LogP) is 1.80. The Kier molecular flexibility index (Phi) is 3.43. The number of hydrogen-bond donors (Lipinski definition) is 0. The molecule has 80 valence electrons. The van der Waals surface area contributed by atoms with Crippen molar-refractivity contribution in [3.63, 3.8) is 0 Å². The zero-order valence-corrected chi connectivity index (χ0v) is 9.72. The van der Waals surface area contributed by atoms with E-state index in [2.05, 4.69) is 4.98 Å². The summed E-state index contributed by atoms with van der Waals surface area (Å²) in [7, 11) is 0. The van der Waals surface area contributed by atoms with Gasteiger partial charge in [-0.15, -0.1) is 11.3 Å². The summed E-state index contributed by atoms with van der Waals surface area (Å²) in [5.41, 5.74) is -0.477. The van der Waals surface area contributed by atoms with Crippen LogP contribution >= 0.6 is 11.3 Å². The van der Waals surface area contributed by atoms with Crippen LogP contribution in [0.3, 0.4) is 0 Å². The molecule has 0 bridgehead atoms. The van der Waals surface area contributed by atoms with Crippen molar-refractivity contribution in [1.82, 2.24) is 4.98 Å². The monoisotopic (exact) mass is 224 g/mol. The minimum Gasteiger partial charge on any atom is -0.464 e. The number of esters is 1. The molecule has 1 heterocycles. The van der Waals surface area contributed by atoms with E-state index in [0.29, 0.717) is 5.01 Å². The summed E-state index contributed by atoms with van der Waals surface area (Å²) in [4.78, 5) is 15.8. The highest BCUT2D eigenvalue weighted by Crippen LogP contribution is 2.27. The van der Waals surface area contributed by atoms with E-state index in [-0.39, 0.29) is 6.61 Å². The van der Waals surface area contributed by atoms with Crippen LogP contribution in [-0.2, 0) is 14.9 Å². The normalized spacial score (nSPS) is 14.0. The summed E-state index contributed by atoms with van der Waals surface area (Å²) in [6.45, 7) is 5.33. The Morgan fingerprint density at radius 2 is 2.47 bits per heavy atom. The van der Waals surface area contributed by atoms with Crippen molar-refractivity contribution >= 4 is 17.3 Å². The van der Waals surface area contributed by atoms with Gasteiger partial charge in [-0.3, -0.25) is 0 Å². The van der Waals surface area contributed by atoms with Gasteiger partial charge in [0.15, 0.2) is 0 Å². The molecule has 0 spiro atoms. The number of rotatable bonds is 3. The molecule has 0 N–H and O–H groups in total. The van der Waals surface area contributed by atoms with Gasteiger partial charge in [0.2, 0.25) is 5.41 Å². The zero-order valence-electron chi connectivity index (χ0n) is 8.90. The summed E-state index contributed by atoms with van der Waals surface area (Å²) < 4.78 is 4.87. The van der Waals surface area contributed by atoms with Crippen molar-refractivity contribution in [3.8, 4) is 6.07 Å². The van der Waals surface area contributed by atoms with Crippen LogP contribution < -0.4 is 0 Å². The summed E-state index contributed by atoms with van der Waals surface area (Å²) in [5, 5.41) is 11.4. The van der Waals surface area contributed by atoms with Gasteiger partial charge in [-0.1, -0.05) is 0 Å². The van der Waals surface area contributed by atoms with Crippen LogP contribution in [0.5, 0.6) is 0 Å².